The highest BCUT2D eigenvalue weighted by molar-refractivity contribution is 5.93. The van der Waals surface area contributed by atoms with Crippen molar-refractivity contribution in [2.75, 3.05) is 25.9 Å². The van der Waals surface area contributed by atoms with E-state index in [4.69, 9.17) is 5.73 Å². The normalized spacial score (nSPS) is 15.1. The second-order valence-electron chi connectivity index (χ2n) is 5.98. The summed E-state index contributed by atoms with van der Waals surface area (Å²) >= 11 is 0. The molecular weight excluding hydrogens is 252 g/mol. The molecule has 20 heavy (non-hydrogen) atoms. The van der Waals surface area contributed by atoms with E-state index in [0.29, 0.717) is 30.0 Å². The van der Waals surface area contributed by atoms with Gasteiger partial charge in [0.25, 0.3) is 5.91 Å². The van der Waals surface area contributed by atoms with E-state index in [1.165, 1.54) is 0 Å². The number of rotatable bonds is 7. The van der Waals surface area contributed by atoms with Gasteiger partial charge in [-0.2, -0.15) is 0 Å². The smallest absolute Gasteiger partial charge is 0.267 e. The van der Waals surface area contributed by atoms with Gasteiger partial charge in [-0.3, -0.25) is 4.79 Å². The van der Waals surface area contributed by atoms with Crippen LogP contribution < -0.4 is 11.1 Å². The number of nitrogens with zero attached hydrogens (tertiary/aromatic N) is 2. The van der Waals surface area contributed by atoms with Crippen LogP contribution in [0.2, 0.25) is 0 Å². The zero-order chi connectivity index (χ0) is 14.7. The molecule has 1 aliphatic carbocycles. The number of nitrogen functional groups attached to an aromatic ring is 1. The predicted octanol–water partition coefficient (Wildman–Crippen LogP) is 1.87. The summed E-state index contributed by atoms with van der Waals surface area (Å²) in [6.45, 7) is 6.03. The van der Waals surface area contributed by atoms with Crippen molar-refractivity contribution in [3.05, 3.63) is 18.0 Å². The van der Waals surface area contributed by atoms with Crippen molar-refractivity contribution in [1.29, 1.82) is 0 Å². The minimum absolute atomic E-state index is 0.0131. The maximum absolute atomic E-state index is 12.2. The van der Waals surface area contributed by atoms with Gasteiger partial charge in [-0.05, 0) is 52.8 Å². The van der Waals surface area contributed by atoms with Gasteiger partial charge in [-0.15, -0.1) is 0 Å². The third-order valence-corrected chi connectivity index (χ3v) is 3.90. The quantitative estimate of drug-likeness (QED) is 0.748. The van der Waals surface area contributed by atoms with E-state index >= 15 is 0 Å². The van der Waals surface area contributed by atoms with E-state index in [1.54, 1.807) is 6.07 Å². The molecule has 0 radical (unpaired) electrons. The molecule has 1 fully saturated rings. The fourth-order valence-electron chi connectivity index (χ4n) is 2.22. The Hall–Kier alpha value is -1.49. The second kappa shape index (κ2) is 6.31. The van der Waals surface area contributed by atoms with Crippen LogP contribution in [0.15, 0.2) is 12.3 Å². The third kappa shape index (κ3) is 3.76. The zero-order valence-corrected chi connectivity index (χ0v) is 12.7. The van der Waals surface area contributed by atoms with Gasteiger partial charge in [0.1, 0.15) is 5.69 Å². The first kappa shape index (κ1) is 14.9. The molecule has 1 amide bonds. The van der Waals surface area contributed by atoms with Gasteiger partial charge >= 0.3 is 0 Å². The van der Waals surface area contributed by atoms with E-state index < -0.39 is 0 Å². The lowest BCUT2D eigenvalue weighted by Gasteiger charge is -2.20. The first-order valence-electron chi connectivity index (χ1n) is 7.45. The first-order chi connectivity index (χ1) is 9.49. The van der Waals surface area contributed by atoms with Gasteiger partial charge in [0, 0.05) is 24.8 Å². The molecule has 112 valence electrons. The van der Waals surface area contributed by atoms with Gasteiger partial charge < -0.3 is 20.5 Å². The Morgan fingerprint density at radius 3 is 2.85 bits per heavy atom. The van der Waals surface area contributed by atoms with Crippen molar-refractivity contribution in [2.45, 2.75) is 45.2 Å². The standard InChI is InChI=1S/C15H26N4O/c1-11(2)18(3)8-4-7-17-15(20)14-9-12(16)10-19(14)13-5-6-13/h9-11,13H,4-8,16H2,1-3H3,(H,17,20). The number of hydrogen-bond donors (Lipinski definition) is 2. The summed E-state index contributed by atoms with van der Waals surface area (Å²) in [6.07, 6.45) is 5.13. The van der Waals surface area contributed by atoms with E-state index in [1.807, 2.05) is 10.8 Å². The average Bonchev–Trinajstić information content (AvgIpc) is 3.16. The summed E-state index contributed by atoms with van der Waals surface area (Å²) < 4.78 is 2.02. The molecule has 1 aromatic rings. The van der Waals surface area contributed by atoms with Crippen LogP contribution in [0.1, 0.15) is 49.6 Å². The average molecular weight is 278 g/mol. The fourth-order valence-corrected chi connectivity index (χ4v) is 2.22. The van der Waals surface area contributed by atoms with Crippen LogP contribution in [0.4, 0.5) is 5.69 Å². The number of aromatic nitrogens is 1. The molecule has 0 bridgehead atoms. The minimum Gasteiger partial charge on any atom is -0.397 e. The van der Waals surface area contributed by atoms with Gasteiger partial charge in [-0.1, -0.05) is 0 Å². The molecule has 0 unspecified atom stereocenters. The molecule has 2 rings (SSSR count). The zero-order valence-electron chi connectivity index (χ0n) is 12.7. The molecule has 1 saturated carbocycles. The Morgan fingerprint density at radius 1 is 1.55 bits per heavy atom. The van der Waals surface area contributed by atoms with Crippen molar-refractivity contribution in [2.24, 2.45) is 0 Å². The maximum atomic E-state index is 12.2. The van der Waals surface area contributed by atoms with Crippen molar-refractivity contribution in [1.82, 2.24) is 14.8 Å². The van der Waals surface area contributed by atoms with Crippen molar-refractivity contribution < 1.29 is 4.79 Å². The molecule has 0 aliphatic heterocycles. The van der Waals surface area contributed by atoms with Gasteiger partial charge in [0.2, 0.25) is 0 Å². The molecule has 5 heteroatoms. The van der Waals surface area contributed by atoms with Gasteiger partial charge in [0.05, 0.1) is 5.69 Å². The van der Waals surface area contributed by atoms with E-state index in [9.17, 15) is 4.79 Å². The Morgan fingerprint density at radius 2 is 2.25 bits per heavy atom. The predicted molar refractivity (Wildman–Crippen MR) is 81.8 cm³/mol. The molecule has 1 heterocycles. The van der Waals surface area contributed by atoms with E-state index in [2.05, 4.69) is 31.1 Å². The highest BCUT2D eigenvalue weighted by Crippen LogP contribution is 2.37. The van der Waals surface area contributed by atoms with Gasteiger partial charge in [0.15, 0.2) is 0 Å². The molecule has 3 N–H and O–H groups in total. The Balaban J connectivity index is 1.80. The van der Waals surface area contributed by atoms with Crippen molar-refractivity contribution >= 4 is 11.6 Å². The van der Waals surface area contributed by atoms with Crippen molar-refractivity contribution in [3.8, 4) is 0 Å². The van der Waals surface area contributed by atoms with Crippen LogP contribution in [0.3, 0.4) is 0 Å². The summed E-state index contributed by atoms with van der Waals surface area (Å²) in [6, 6.07) is 2.78. The van der Waals surface area contributed by atoms with Crippen LogP contribution in [-0.4, -0.2) is 41.6 Å². The van der Waals surface area contributed by atoms with Crippen LogP contribution in [0, 0.1) is 0 Å². The van der Waals surface area contributed by atoms with Crippen LogP contribution >= 0.6 is 0 Å². The summed E-state index contributed by atoms with van der Waals surface area (Å²) in [5, 5.41) is 2.99. The molecule has 0 aromatic carbocycles. The minimum atomic E-state index is -0.0131. The number of nitrogens with two attached hydrogens (primary N) is 1. The number of hydrogen-bond acceptors (Lipinski definition) is 3. The van der Waals surface area contributed by atoms with Gasteiger partial charge in [-0.25, -0.2) is 0 Å². The lowest BCUT2D eigenvalue weighted by Crippen LogP contribution is -2.32. The number of carbonyl (C=O) groups excluding carboxylic acids is 1. The molecule has 0 atom stereocenters. The van der Waals surface area contributed by atoms with Crippen LogP contribution in [-0.2, 0) is 0 Å². The second-order valence-corrected chi connectivity index (χ2v) is 5.98. The highest BCUT2D eigenvalue weighted by Gasteiger charge is 2.27. The largest absolute Gasteiger partial charge is 0.397 e. The molecule has 0 spiro atoms. The lowest BCUT2D eigenvalue weighted by molar-refractivity contribution is 0.0942. The lowest BCUT2D eigenvalue weighted by atomic mass is 10.3. The SMILES string of the molecule is CC(C)N(C)CCCNC(=O)c1cc(N)cn1C1CC1. The van der Waals surface area contributed by atoms with Crippen molar-refractivity contribution in [3.63, 3.8) is 0 Å². The molecule has 1 aromatic heterocycles. The Kier molecular flexibility index (Phi) is 4.70. The number of carbonyl (C=O) groups is 1. The van der Waals surface area contributed by atoms with E-state index in [0.717, 1.165) is 25.8 Å². The van der Waals surface area contributed by atoms with Crippen LogP contribution in [0.5, 0.6) is 0 Å². The molecule has 1 aliphatic rings. The summed E-state index contributed by atoms with van der Waals surface area (Å²) in [5.74, 6) is -0.0131. The summed E-state index contributed by atoms with van der Waals surface area (Å²) in [7, 11) is 2.10. The van der Waals surface area contributed by atoms with Crippen LogP contribution in [0.25, 0.3) is 0 Å². The number of anilines is 1. The molecular formula is C15H26N4O. The molecule has 5 nitrogen and oxygen atoms in total. The maximum Gasteiger partial charge on any atom is 0.267 e. The number of amides is 1. The third-order valence-electron chi connectivity index (χ3n) is 3.90. The Labute approximate surface area is 121 Å². The topological polar surface area (TPSA) is 63.3 Å². The van der Waals surface area contributed by atoms with E-state index in [-0.39, 0.29) is 5.91 Å². The monoisotopic (exact) mass is 278 g/mol. The summed E-state index contributed by atoms with van der Waals surface area (Å²) in [5.41, 5.74) is 7.17. The summed E-state index contributed by atoms with van der Waals surface area (Å²) in [4.78, 5) is 14.5. The number of nitrogens with one attached hydrogen (secondary N) is 1. The Bertz CT molecular complexity index is 462. The fraction of sp³-hybridized carbons (Fsp3) is 0.667. The molecule has 0 saturated heterocycles. The first-order valence-corrected chi connectivity index (χ1v) is 7.45. The highest BCUT2D eigenvalue weighted by atomic mass is 16.1.